The molecule has 1 aliphatic carbocycles. The predicted molar refractivity (Wildman–Crippen MR) is 60.9 cm³/mol. The molecule has 3 heteroatoms. The zero-order chi connectivity index (χ0) is 10.1. The van der Waals surface area contributed by atoms with Crippen LogP contribution in [0.2, 0.25) is 0 Å². The third-order valence-corrected chi connectivity index (χ3v) is 4.32. The highest BCUT2D eigenvalue weighted by molar-refractivity contribution is 7.12. The van der Waals surface area contributed by atoms with Gasteiger partial charge >= 0.3 is 0 Å². The molecule has 1 heterocycles. The van der Waals surface area contributed by atoms with Gasteiger partial charge in [-0.2, -0.15) is 0 Å². The van der Waals surface area contributed by atoms with Crippen molar-refractivity contribution in [1.29, 1.82) is 0 Å². The van der Waals surface area contributed by atoms with E-state index in [1.807, 2.05) is 11.3 Å². The van der Waals surface area contributed by atoms with E-state index in [0.29, 0.717) is 12.0 Å². The minimum atomic E-state index is 0.559. The molecule has 2 nitrogen and oxygen atoms in total. The van der Waals surface area contributed by atoms with Crippen LogP contribution in [0.3, 0.4) is 0 Å². The van der Waals surface area contributed by atoms with Crippen molar-refractivity contribution in [3.63, 3.8) is 0 Å². The van der Waals surface area contributed by atoms with Gasteiger partial charge in [0.2, 0.25) is 0 Å². The molecule has 0 radical (unpaired) electrons. The maximum absolute atomic E-state index is 4.73. The Morgan fingerprint density at radius 2 is 2.29 bits per heavy atom. The fraction of sp³-hybridized carbons (Fsp3) is 0.727. The zero-order valence-corrected chi connectivity index (χ0v) is 9.95. The molecule has 14 heavy (non-hydrogen) atoms. The smallest absolute Gasteiger partial charge is 0.0957 e. The summed E-state index contributed by atoms with van der Waals surface area (Å²) in [6.07, 6.45) is 3.72. The third kappa shape index (κ3) is 1.71. The topological polar surface area (TPSA) is 24.9 Å². The van der Waals surface area contributed by atoms with Crippen molar-refractivity contribution >= 4 is 11.3 Å². The van der Waals surface area contributed by atoms with Crippen LogP contribution < -0.4 is 5.32 Å². The van der Waals surface area contributed by atoms with E-state index in [1.165, 1.54) is 34.8 Å². The molecular weight excluding hydrogens is 192 g/mol. The second kappa shape index (κ2) is 3.99. The van der Waals surface area contributed by atoms with Gasteiger partial charge in [0.15, 0.2) is 0 Å². The monoisotopic (exact) mass is 210 g/mol. The summed E-state index contributed by atoms with van der Waals surface area (Å²) in [6.45, 7) is 4.44. The number of rotatable bonds is 2. The number of nitrogens with one attached hydrogen (secondary N) is 1. The van der Waals surface area contributed by atoms with E-state index in [0.717, 1.165) is 0 Å². The number of aromatic nitrogens is 1. The van der Waals surface area contributed by atoms with Crippen molar-refractivity contribution < 1.29 is 0 Å². The molecule has 1 aromatic heterocycles. The standard InChI is InChI=1S/C11H18N2S/c1-7(2)11-13-9-6-4-5-8(12-3)10(9)14-11/h7-8,12H,4-6H2,1-3H3. The highest BCUT2D eigenvalue weighted by Gasteiger charge is 2.23. The molecule has 0 aromatic carbocycles. The molecular formula is C11H18N2S. The molecule has 1 unspecified atom stereocenters. The molecule has 0 amide bonds. The van der Waals surface area contributed by atoms with Crippen molar-refractivity contribution in [2.75, 3.05) is 7.05 Å². The van der Waals surface area contributed by atoms with E-state index in [1.54, 1.807) is 0 Å². The van der Waals surface area contributed by atoms with Crippen molar-refractivity contribution in [3.05, 3.63) is 15.6 Å². The van der Waals surface area contributed by atoms with E-state index in [-0.39, 0.29) is 0 Å². The Morgan fingerprint density at radius 3 is 2.93 bits per heavy atom. The fourth-order valence-corrected chi connectivity index (χ4v) is 3.22. The predicted octanol–water partition coefficient (Wildman–Crippen LogP) is 2.86. The second-order valence-electron chi connectivity index (χ2n) is 4.25. The van der Waals surface area contributed by atoms with E-state index in [4.69, 9.17) is 4.98 Å². The van der Waals surface area contributed by atoms with Crippen LogP contribution in [0.4, 0.5) is 0 Å². The normalized spacial score (nSPS) is 21.3. The summed E-state index contributed by atoms with van der Waals surface area (Å²) in [4.78, 5) is 6.22. The van der Waals surface area contributed by atoms with Gasteiger partial charge in [0.25, 0.3) is 0 Å². The average molecular weight is 210 g/mol. The number of hydrogen-bond acceptors (Lipinski definition) is 3. The molecule has 0 spiro atoms. The number of fused-ring (bicyclic) bond motifs is 1. The zero-order valence-electron chi connectivity index (χ0n) is 9.13. The summed E-state index contributed by atoms with van der Waals surface area (Å²) in [5.74, 6) is 0.572. The van der Waals surface area contributed by atoms with E-state index in [9.17, 15) is 0 Å². The van der Waals surface area contributed by atoms with Gasteiger partial charge in [0, 0.05) is 16.8 Å². The number of nitrogens with zero attached hydrogens (tertiary/aromatic N) is 1. The average Bonchev–Trinajstić information content (AvgIpc) is 2.60. The highest BCUT2D eigenvalue weighted by Crippen LogP contribution is 2.35. The molecule has 1 atom stereocenters. The lowest BCUT2D eigenvalue weighted by atomic mass is 9.98. The molecule has 1 N–H and O–H groups in total. The van der Waals surface area contributed by atoms with Gasteiger partial charge in [-0.05, 0) is 26.3 Å². The van der Waals surface area contributed by atoms with Crippen LogP contribution in [0, 0.1) is 0 Å². The van der Waals surface area contributed by atoms with E-state index < -0.39 is 0 Å². The Balaban J connectivity index is 2.33. The fourth-order valence-electron chi connectivity index (χ4n) is 1.96. The second-order valence-corrected chi connectivity index (χ2v) is 5.31. The number of aryl methyl sites for hydroxylation is 1. The molecule has 0 fully saturated rings. The summed E-state index contributed by atoms with van der Waals surface area (Å²) < 4.78 is 0. The van der Waals surface area contributed by atoms with Crippen LogP contribution in [0.15, 0.2) is 0 Å². The minimum absolute atomic E-state index is 0.559. The molecule has 1 aliphatic rings. The Morgan fingerprint density at radius 1 is 1.50 bits per heavy atom. The first-order valence-corrected chi connectivity index (χ1v) is 6.20. The summed E-state index contributed by atoms with van der Waals surface area (Å²) >= 11 is 1.90. The largest absolute Gasteiger partial charge is 0.312 e. The van der Waals surface area contributed by atoms with Gasteiger partial charge < -0.3 is 5.32 Å². The van der Waals surface area contributed by atoms with Crippen LogP contribution in [-0.4, -0.2) is 12.0 Å². The minimum Gasteiger partial charge on any atom is -0.312 e. The van der Waals surface area contributed by atoms with Crippen molar-refractivity contribution in [2.24, 2.45) is 0 Å². The summed E-state index contributed by atoms with van der Waals surface area (Å²) in [7, 11) is 2.05. The highest BCUT2D eigenvalue weighted by atomic mass is 32.1. The third-order valence-electron chi connectivity index (χ3n) is 2.81. The molecule has 78 valence electrons. The first-order valence-electron chi connectivity index (χ1n) is 5.39. The quantitative estimate of drug-likeness (QED) is 0.812. The van der Waals surface area contributed by atoms with Gasteiger partial charge in [0.1, 0.15) is 0 Å². The summed E-state index contributed by atoms with van der Waals surface area (Å²) in [5.41, 5.74) is 1.35. The lowest BCUT2D eigenvalue weighted by molar-refractivity contribution is 0.500. The molecule has 2 rings (SSSR count). The Hall–Kier alpha value is -0.410. The molecule has 0 saturated heterocycles. The Bertz CT molecular complexity index is 317. The summed E-state index contributed by atoms with van der Waals surface area (Å²) in [5, 5.41) is 4.69. The van der Waals surface area contributed by atoms with Crippen LogP contribution in [0.5, 0.6) is 0 Å². The van der Waals surface area contributed by atoms with Crippen LogP contribution in [-0.2, 0) is 6.42 Å². The van der Waals surface area contributed by atoms with Crippen molar-refractivity contribution in [2.45, 2.75) is 45.1 Å². The SMILES string of the molecule is CNC1CCCc2nc(C(C)C)sc21. The van der Waals surface area contributed by atoms with Gasteiger partial charge in [0.05, 0.1) is 10.7 Å². The molecule has 0 bridgehead atoms. The number of hydrogen-bond donors (Lipinski definition) is 1. The van der Waals surface area contributed by atoms with Gasteiger partial charge in [-0.1, -0.05) is 13.8 Å². The van der Waals surface area contributed by atoms with Gasteiger partial charge in [-0.25, -0.2) is 4.98 Å². The van der Waals surface area contributed by atoms with Gasteiger partial charge in [-0.15, -0.1) is 11.3 Å². The van der Waals surface area contributed by atoms with Crippen LogP contribution in [0.25, 0.3) is 0 Å². The Kier molecular flexibility index (Phi) is 2.88. The van der Waals surface area contributed by atoms with Crippen LogP contribution in [0.1, 0.15) is 54.2 Å². The van der Waals surface area contributed by atoms with E-state index in [2.05, 4.69) is 26.2 Å². The van der Waals surface area contributed by atoms with Crippen molar-refractivity contribution in [1.82, 2.24) is 10.3 Å². The van der Waals surface area contributed by atoms with E-state index >= 15 is 0 Å². The number of thiazole rings is 1. The lowest BCUT2D eigenvalue weighted by Crippen LogP contribution is -2.19. The lowest BCUT2D eigenvalue weighted by Gasteiger charge is -2.20. The van der Waals surface area contributed by atoms with Crippen LogP contribution >= 0.6 is 11.3 Å². The maximum Gasteiger partial charge on any atom is 0.0957 e. The molecule has 0 aliphatic heterocycles. The first kappa shape index (κ1) is 10.1. The molecule has 0 saturated carbocycles. The first-order chi connectivity index (χ1) is 6.72. The molecule has 1 aromatic rings. The maximum atomic E-state index is 4.73. The Labute approximate surface area is 89.8 Å². The van der Waals surface area contributed by atoms with Gasteiger partial charge in [-0.3, -0.25) is 0 Å². The summed E-state index contributed by atoms with van der Waals surface area (Å²) in [6, 6.07) is 0.559. The van der Waals surface area contributed by atoms with Crippen molar-refractivity contribution in [3.8, 4) is 0 Å².